The summed E-state index contributed by atoms with van der Waals surface area (Å²) in [5.41, 5.74) is 1.92. The van der Waals surface area contributed by atoms with Gasteiger partial charge in [-0.25, -0.2) is 0 Å². The van der Waals surface area contributed by atoms with E-state index in [1.54, 1.807) is 0 Å². The van der Waals surface area contributed by atoms with Crippen LogP contribution in [0.25, 0.3) is 0 Å². The van der Waals surface area contributed by atoms with Gasteiger partial charge in [0.2, 0.25) is 0 Å². The lowest BCUT2D eigenvalue weighted by molar-refractivity contribution is 0.0700. The highest BCUT2D eigenvalue weighted by atomic mass is 16.2. The second kappa shape index (κ2) is 7.06. The van der Waals surface area contributed by atoms with Gasteiger partial charge < -0.3 is 4.90 Å². The molecule has 0 fully saturated rings. The van der Waals surface area contributed by atoms with Gasteiger partial charge in [0.05, 0.1) is 11.3 Å². The standard InChI is InChI=1S/C18H28N2O/c1-4-6-7-8-12-18(11-5-2)14-20(3)17(21)15-10-9-13-19-16(15)18/h9-10,13H,4-8,11-12,14H2,1-3H3. The molecule has 3 nitrogen and oxygen atoms in total. The molecule has 1 aromatic rings. The van der Waals surface area contributed by atoms with Crippen molar-refractivity contribution in [2.24, 2.45) is 0 Å². The zero-order chi connectivity index (χ0) is 15.3. The van der Waals surface area contributed by atoms with Gasteiger partial charge in [-0.15, -0.1) is 0 Å². The van der Waals surface area contributed by atoms with Crippen LogP contribution in [-0.4, -0.2) is 29.4 Å². The molecule has 3 heteroatoms. The number of carbonyl (C=O) groups excluding carboxylic acids is 1. The van der Waals surface area contributed by atoms with Gasteiger partial charge >= 0.3 is 0 Å². The summed E-state index contributed by atoms with van der Waals surface area (Å²) in [7, 11) is 1.93. The molecule has 1 aliphatic rings. The molecule has 0 spiro atoms. The predicted molar refractivity (Wildman–Crippen MR) is 86.5 cm³/mol. The number of unbranched alkanes of at least 4 members (excludes halogenated alkanes) is 3. The highest BCUT2D eigenvalue weighted by Crippen LogP contribution is 2.39. The Morgan fingerprint density at radius 2 is 2.00 bits per heavy atom. The highest BCUT2D eigenvalue weighted by molar-refractivity contribution is 5.96. The molecule has 2 rings (SSSR count). The fourth-order valence-corrected chi connectivity index (χ4v) is 3.70. The van der Waals surface area contributed by atoms with Crippen molar-refractivity contribution >= 4 is 5.91 Å². The summed E-state index contributed by atoms with van der Waals surface area (Å²) in [5, 5.41) is 0. The Labute approximate surface area is 128 Å². The molecule has 0 aliphatic carbocycles. The quantitative estimate of drug-likeness (QED) is 0.705. The molecule has 0 bridgehead atoms. The summed E-state index contributed by atoms with van der Waals surface area (Å²) >= 11 is 0. The largest absolute Gasteiger partial charge is 0.341 e. The first-order valence-corrected chi connectivity index (χ1v) is 8.35. The second-order valence-electron chi connectivity index (χ2n) is 6.40. The molecule has 21 heavy (non-hydrogen) atoms. The van der Waals surface area contributed by atoms with Crippen LogP contribution in [0.3, 0.4) is 0 Å². The Balaban J connectivity index is 2.30. The molecule has 116 valence electrons. The average molecular weight is 288 g/mol. The van der Waals surface area contributed by atoms with Crippen molar-refractivity contribution in [3.05, 3.63) is 29.6 Å². The summed E-state index contributed by atoms with van der Waals surface area (Å²) in [4.78, 5) is 18.9. The van der Waals surface area contributed by atoms with Crippen LogP contribution >= 0.6 is 0 Å². The molecule has 1 unspecified atom stereocenters. The Hall–Kier alpha value is -1.38. The van der Waals surface area contributed by atoms with E-state index in [1.807, 2.05) is 30.3 Å². The van der Waals surface area contributed by atoms with Gasteiger partial charge in [0.1, 0.15) is 0 Å². The van der Waals surface area contributed by atoms with Crippen molar-refractivity contribution in [3.8, 4) is 0 Å². The molecule has 0 saturated heterocycles. The number of likely N-dealkylation sites (N-methyl/N-ethyl adjacent to an activating group) is 1. The lowest BCUT2D eigenvalue weighted by Crippen LogP contribution is -2.48. The first-order valence-electron chi connectivity index (χ1n) is 8.35. The van der Waals surface area contributed by atoms with Crippen LogP contribution in [0, 0.1) is 0 Å². The van der Waals surface area contributed by atoms with Crippen molar-refractivity contribution < 1.29 is 4.79 Å². The summed E-state index contributed by atoms with van der Waals surface area (Å²) in [5.74, 6) is 0.124. The van der Waals surface area contributed by atoms with Crippen molar-refractivity contribution in [1.82, 2.24) is 9.88 Å². The van der Waals surface area contributed by atoms with E-state index in [0.717, 1.165) is 37.1 Å². The van der Waals surface area contributed by atoms with Gasteiger partial charge in [-0.3, -0.25) is 9.78 Å². The number of amides is 1. The molecule has 1 aliphatic heterocycles. The molecule has 1 atom stereocenters. The molecule has 0 saturated carbocycles. The van der Waals surface area contributed by atoms with Crippen LogP contribution in [0.2, 0.25) is 0 Å². The zero-order valence-electron chi connectivity index (χ0n) is 13.7. The number of fused-ring (bicyclic) bond motifs is 1. The van der Waals surface area contributed by atoms with E-state index in [4.69, 9.17) is 0 Å². The SMILES string of the molecule is CCCCCCC1(CCC)CN(C)C(=O)c2cccnc21. The molecular formula is C18H28N2O. The maximum absolute atomic E-state index is 12.4. The normalized spacial score (nSPS) is 21.5. The molecular weight excluding hydrogens is 260 g/mol. The Morgan fingerprint density at radius 1 is 1.19 bits per heavy atom. The second-order valence-corrected chi connectivity index (χ2v) is 6.40. The van der Waals surface area contributed by atoms with E-state index in [9.17, 15) is 4.79 Å². The number of carbonyl (C=O) groups is 1. The first kappa shape index (κ1) is 16.0. The van der Waals surface area contributed by atoms with E-state index in [0.29, 0.717) is 0 Å². The first-order chi connectivity index (χ1) is 10.1. The van der Waals surface area contributed by atoms with Gasteiger partial charge in [0.25, 0.3) is 5.91 Å². The molecule has 0 N–H and O–H groups in total. The topological polar surface area (TPSA) is 33.2 Å². The number of hydrogen-bond donors (Lipinski definition) is 0. The van der Waals surface area contributed by atoms with E-state index in [-0.39, 0.29) is 11.3 Å². The van der Waals surface area contributed by atoms with E-state index in [2.05, 4.69) is 18.8 Å². The summed E-state index contributed by atoms with van der Waals surface area (Å²) in [6, 6.07) is 3.82. The average Bonchev–Trinajstić information content (AvgIpc) is 2.50. The number of hydrogen-bond acceptors (Lipinski definition) is 2. The van der Waals surface area contributed by atoms with Gasteiger partial charge in [-0.05, 0) is 25.0 Å². The maximum atomic E-state index is 12.4. The van der Waals surface area contributed by atoms with Crippen LogP contribution in [0.5, 0.6) is 0 Å². The van der Waals surface area contributed by atoms with E-state index >= 15 is 0 Å². The lowest BCUT2D eigenvalue weighted by atomic mass is 9.71. The molecule has 1 aromatic heterocycles. The van der Waals surface area contributed by atoms with E-state index in [1.165, 1.54) is 25.7 Å². The van der Waals surface area contributed by atoms with Crippen LogP contribution in [-0.2, 0) is 5.41 Å². The summed E-state index contributed by atoms with van der Waals surface area (Å²) < 4.78 is 0. The van der Waals surface area contributed by atoms with Crippen LogP contribution in [0.15, 0.2) is 18.3 Å². The predicted octanol–water partition coefficient (Wildman–Crippen LogP) is 4.18. The minimum atomic E-state index is 0.0573. The Bertz CT molecular complexity index is 486. The van der Waals surface area contributed by atoms with Crippen LogP contribution < -0.4 is 0 Å². The van der Waals surface area contributed by atoms with E-state index < -0.39 is 0 Å². The number of rotatable bonds is 7. The molecule has 0 aromatic carbocycles. The maximum Gasteiger partial charge on any atom is 0.255 e. The smallest absolute Gasteiger partial charge is 0.255 e. The third kappa shape index (κ3) is 3.28. The third-order valence-electron chi connectivity index (χ3n) is 4.66. The van der Waals surface area contributed by atoms with Gasteiger partial charge in [-0.1, -0.05) is 46.0 Å². The third-order valence-corrected chi connectivity index (χ3v) is 4.66. The van der Waals surface area contributed by atoms with Crippen LogP contribution in [0.4, 0.5) is 0 Å². The Kier molecular flexibility index (Phi) is 5.38. The van der Waals surface area contributed by atoms with Crippen molar-refractivity contribution in [3.63, 3.8) is 0 Å². The molecule has 2 heterocycles. The number of pyridine rings is 1. The summed E-state index contributed by atoms with van der Waals surface area (Å²) in [6.07, 6.45) is 10.3. The summed E-state index contributed by atoms with van der Waals surface area (Å²) in [6.45, 7) is 5.29. The van der Waals surface area contributed by atoms with Gasteiger partial charge in [0, 0.05) is 25.2 Å². The fourth-order valence-electron chi connectivity index (χ4n) is 3.70. The van der Waals surface area contributed by atoms with Crippen molar-refractivity contribution in [2.75, 3.05) is 13.6 Å². The minimum absolute atomic E-state index is 0.0573. The molecule has 1 amide bonds. The highest BCUT2D eigenvalue weighted by Gasteiger charge is 2.41. The minimum Gasteiger partial charge on any atom is -0.341 e. The Morgan fingerprint density at radius 3 is 2.71 bits per heavy atom. The number of nitrogens with zero attached hydrogens (tertiary/aromatic N) is 2. The monoisotopic (exact) mass is 288 g/mol. The fraction of sp³-hybridized carbons (Fsp3) is 0.667. The van der Waals surface area contributed by atoms with Gasteiger partial charge in [-0.2, -0.15) is 0 Å². The lowest BCUT2D eigenvalue weighted by Gasteiger charge is -2.42. The zero-order valence-corrected chi connectivity index (χ0v) is 13.7. The van der Waals surface area contributed by atoms with Gasteiger partial charge in [0.15, 0.2) is 0 Å². The number of aromatic nitrogens is 1. The van der Waals surface area contributed by atoms with Crippen molar-refractivity contribution in [2.45, 2.75) is 64.2 Å². The van der Waals surface area contributed by atoms with Crippen LogP contribution in [0.1, 0.15) is 74.8 Å². The molecule has 0 radical (unpaired) electrons. The van der Waals surface area contributed by atoms with Crippen molar-refractivity contribution in [1.29, 1.82) is 0 Å².